The number of benzene rings is 1. The predicted octanol–water partition coefficient (Wildman–Crippen LogP) is 2.78. The molecule has 0 aliphatic rings. The van der Waals surface area contributed by atoms with Gasteiger partial charge >= 0.3 is 0 Å². The Labute approximate surface area is 117 Å². The molecule has 0 radical (unpaired) electrons. The number of hydrogen-bond acceptors (Lipinski definition) is 4. The second-order valence-electron chi connectivity index (χ2n) is 4.83. The molecule has 0 atom stereocenters. The number of rotatable bonds is 4. The van der Waals surface area contributed by atoms with Crippen molar-refractivity contribution in [3.8, 4) is 0 Å². The van der Waals surface area contributed by atoms with Gasteiger partial charge in [-0.15, -0.1) is 0 Å². The number of aromatic nitrogens is 3. The van der Waals surface area contributed by atoms with E-state index in [4.69, 9.17) is 10.2 Å². The summed E-state index contributed by atoms with van der Waals surface area (Å²) >= 11 is 0. The molecule has 0 bridgehead atoms. The molecule has 0 spiro atoms. The zero-order chi connectivity index (χ0) is 14.1. The number of hydrogen-bond donors (Lipinski definition) is 1. The van der Waals surface area contributed by atoms with E-state index in [-0.39, 0.29) is 0 Å². The number of anilines is 1. The van der Waals surface area contributed by atoms with Crippen LogP contribution in [0.15, 0.2) is 28.7 Å². The summed E-state index contributed by atoms with van der Waals surface area (Å²) in [4.78, 5) is 4.47. The minimum Gasteiger partial charge on any atom is -0.439 e. The number of nitrogens with zero attached hydrogens (tertiary/aromatic N) is 3. The number of nitrogens with two attached hydrogens (primary N) is 1. The number of nitrogen functional groups attached to an aromatic ring is 1. The van der Waals surface area contributed by atoms with Gasteiger partial charge in [0.25, 0.3) is 0 Å². The molecule has 0 aliphatic heterocycles. The Morgan fingerprint density at radius 1 is 1.20 bits per heavy atom. The third-order valence-electron chi connectivity index (χ3n) is 3.38. The topological polar surface area (TPSA) is 69.9 Å². The molecule has 104 valence electrons. The van der Waals surface area contributed by atoms with Crippen LogP contribution in [0.2, 0.25) is 0 Å². The third-order valence-corrected chi connectivity index (χ3v) is 3.38. The maximum atomic E-state index is 5.75. The average Bonchev–Trinajstić information content (AvgIpc) is 3.01. The van der Waals surface area contributed by atoms with Gasteiger partial charge in [0.05, 0.1) is 5.69 Å². The predicted molar refractivity (Wildman–Crippen MR) is 78.5 cm³/mol. The van der Waals surface area contributed by atoms with Crippen molar-refractivity contribution in [1.29, 1.82) is 0 Å². The number of oxazole rings is 1. The smallest absolute Gasteiger partial charge is 0.217 e. The van der Waals surface area contributed by atoms with Crippen LogP contribution in [0.1, 0.15) is 31.1 Å². The van der Waals surface area contributed by atoms with E-state index in [1.54, 1.807) is 0 Å². The SMILES string of the molecule is CCc1cc(CC)n(Cc2nc3cc(N)ccc3o2)n1. The van der Waals surface area contributed by atoms with Crippen molar-refractivity contribution in [1.82, 2.24) is 14.8 Å². The van der Waals surface area contributed by atoms with Gasteiger partial charge in [0, 0.05) is 11.4 Å². The molecule has 0 amide bonds. The van der Waals surface area contributed by atoms with E-state index in [0.717, 1.165) is 29.6 Å². The molecule has 3 rings (SSSR count). The van der Waals surface area contributed by atoms with Gasteiger partial charge in [-0.2, -0.15) is 5.10 Å². The first-order valence-corrected chi connectivity index (χ1v) is 6.90. The first-order chi connectivity index (χ1) is 9.69. The van der Waals surface area contributed by atoms with E-state index >= 15 is 0 Å². The van der Waals surface area contributed by atoms with E-state index in [2.05, 4.69) is 30.0 Å². The summed E-state index contributed by atoms with van der Waals surface area (Å²) in [7, 11) is 0. The van der Waals surface area contributed by atoms with Crippen LogP contribution in [0.3, 0.4) is 0 Å². The van der Waals surface area contributed by atoms with Crippen LogP contribution in [-0.2, 0) is 19.4 Å². The van der Waals surface area contributed by atoms with Gasteiger partial charge in [-0.1, -0.05) is 13.8 Å². The molecule has 2 heterocycles. The number of aryl methyl sites for hydroxylation is 2. The van der Waals surface area contributed by atoms with Crippen LogP contribution >= 0.6 is 0 Å². The Kier molecular flexibility index (Phi) is 3.18. The average molecular weight is 270 g/mol. The molecule has 2 aromatic heterocycles. The Bertz CT molecular complexity index is 741. The van der Waals surface area contributed by atoms with Crippen molar-refractivity contribution >= 4 is 16.8 Å². The molecular weight excluding hydrogens is 252 g/mol. The van der Waals surface area contributed by atoms with Crippen LogP contribution in [-0.4, -0.2) is 14.8 Å². The minimum atomic E-state index is 0.553. The zero-order valence-corrected chi connectivity index (χ0v) is 11.8. The first kappa shape index (κ1) is 12.7. The largest absolute Gasteiger partial charge is 0.439 e. The Morgan fingerprint density at radius 2 is 2.05 bits per heavy atom. The van der Waals surface area contributed by atoms with Crippen LogP contribution in [0, 0.1) is 0 Å². The molecule has 0 aliphatic carbocycles. The highest BCUT2D eigenvalue weighted by atomic mass is 16.3. The van der Waals surface area contributed by atoms with Gasteiger partial charge in [0.2, 0.25) is 5.89 Å². The monoisotopic (exact) mass is 270 g/mol. The molecule has 0 fully saturated rings. The summed E-state index contributed by atoms with van der Waals surface area (Å²) in [6, 6.07) is 7.63. The second kappa shape index (κ2) is 5.00. The first-order valence-electron chi connectivity index (χ1n) is 6.90. The van der Waals surface area contributed by atoms with E-state index in [0.29, 0.717) is 18.1 Å². The van der Waals surface area contributed by atoms with Gasteiger partial charge in [-0.25, -0.2) is 4.98 Å². The van der Waals surface area contributed by atoms with Crippen molar-refractivity contribution in [2.75, 3.05) is 5.73 Å². The van der Waals surface area contributed by atoms with Gasteiger partial charge in [0.15, 0.2) is 5.58 Å². The quantitative estimate of drug-likeness (QED) is 0.740. The maximum absolute atomic E-state index is 5.75. The van der Waals surface area contributed by atoms with Crippen LogP contribution in [0.25, 0.3) is 11.1 Å². The van der Waals surface area contributed by atoms with Gasteiger partial charge in [-0.3, -0.25) is 4.68 Å². The third kappa shape index (κ3) is 2.27. The van der Waals surface area contributed by atoms with Gasteiger partial charge < -0.3 is 10.2 Å². The van der Waals surface area contributed by atoms with E-state index < -0.39 is 0 Å². The maximum Gasteiger partial charge on any atom is 0.217 e. The lowest BCUT2D eigenvalue weighted by Gasteiger charge is -2.01. The van der Waals surface area contributed by atoms with Crippen molar-refractivity contribution in [3.05, 3.63) is 41.5 Å². The standard InChI is InChI=1S/C15H18N4O/c1-3-11-8-12(4-2)19(18-11)9-15-17-13-7-10(16)5-6-14(13)20-15/h5-8H,3-4,9,16H2,1-2H3. The lowest BCUT2D eigenvalue weighted by atomic mass is 10.3. The Morgan fingerprint density at radius 3 is 2.80 bits per heavy atom. The van der Waals surface area contributed by atoms with Gasteiger partial charge in [-0.05, 0) is 37.1 Å². The lowest BCUT2D eigenvalue weighted by molar-refractivity contribution is 0.483. The normalized spacial score (nSPS) is 11.3. The summed E-state index contributed by atoms with van der Waals surface area (Å²) < 4.78 is 7.71. The number of fused-ring (bicyclic) bond motifs is 1. The summed E-state index contributed by atoms with van der Waals surface area (Å²) in [6.07, 6.45) is 1.88. The summed E-state index contributed by atoms with van der Waals surface area (Å²) in [5, 5.41) is 4.57. The fourth-order valence-corrected chi connectivity index (χ4v) is 2.30. The summed E-state index contributed by atoms with van der Waals surface area (Å²) in [6.45, 7) is 4.78. The zero-order valence-electron chi connectivity index (χ0n) is 11.8. The van der Waals surface area contributed by atoms with E-state index in [1.165, 1.54) is 5.69 Å². The molecule has 2 N–H and O–H groups in total. The van der Waals surface area contributed by atoms with Crippen LogP contribution in [0.4, 0.5) is 5.69 Å². The van der Waals surface area contributed by atoms with Crippen LogP contribution in [0.5, 0.6) is 0 Å². The molecule has 0 saturated heterocycles. The lowest BCUT2D eigenvalue weighted by Crippen LogP contribution is -2.06. The molecule has 1 aromatic carbocycles. The fraction of sp³-hybridized carbons (Fsp3) is 0.333. The Hall–Kier alpha value is -2.30. The molecule has 20 heavy (non-hydrogen) atoms. The molecule has 0 unspecified atom stereocenters. The van der Waals surface area contributed by atoms with E-state index in [1.807, 2.05) is 22.9 Å². The molecular formula is C15H18N4O. The Balaban J connectivity index is 1.94. The van der Waals surface area contributed by atoms with Crippen molar-refractivity contribution in [3.63, 3.8) is 0 Å². The molecule has 5 heteroatoms. The second-order valence-corrected chi connectivity index (χ2v) is 4.83. The summed E-state index contributed by atoms with van der Waals surface area (Å²) in [5.74, 6) is 0.658. The van der Waals surface area contributed by atoms with Crippen molar-refractivity contribution in [2.24, 2.45) is 0 Å². The highest BCUT2D eigenvalue weighted by molar-refractivity contribution is 5.76. The van der Waals surface area contributed by atoms with Gasteiger partial charge in [0.1, 0.15) is 12.1 Å². The van der Waals surface area contributed by atoms with E-state index in [9.17, 15) is 0 Å². The minimum absolute atomic E-state index is 0.553. The van der Waals surface area contributed by atoms with Crippen molar-refractivity contribution in [2.45, 2.75) is 33.2 Å². The fourth-order valence-electron chi connectivity index (χ4n) is 2.30. The molecule has 0 saturated carbocycles. The summed E-state index contributed by atoms with van der Waals surface area (Å²) in [5.41, 5.74) is 10.3. The van der Waals surface area contributed by atoms with Crippen LogP contribution < -0.4 is 5.73 Å². The molecule has 5 nitrogen and oxygen atoms in total. The van der Waals surface area contributed by atoms with Crippen molar-refractivity contribution < 1.29 is 4.42 Å². The highest BCUT2D eigenvalue weighted by Gasteiger charge is 2.10. The highest BCUT2D eigenvalue weighted by Crippen LogP contribution is 2.19. The molecule has 3 aromatic rings.